The van der Waals surface area contributed by atoms with E-state index in [-0.39, 0.29) is 16.7 Å². The molecule has 1 aromatic heterocycles. The summed E-state index contributed by atoms with van der Waals surface area (Å²) in [5.41, 5.74) is 0.724. The number of nitrogens with zero attached hydrogens (tertiary/aromatic N) is 2. The Kier molecular flexibility index (Phi) is 3.69. The average Bonchev–Trinajstić information content (AvgIpc) is 3.05. The molecule has 1 aliphatic heterocycles. The van der Waals surface area contributed by atoms with Crippen molar-refractivity contribution in [3.8, 4) is 5.75 Å². The number of aromatic nitrogens is 2. The summed E-state index contributed by atoms with van der Waals surface area (Å²) in [4.78, 5) is 14.0. The number of rotatable bonds is 3. The highest BCUT2D eigenvalue weighted by molar-refractivity contribution is 7.71. The molecule has 2 heterocycles. The van der Waals surface area contributed by atoms with E-state index in [2.05, 4.69) is 10.2 Å². The number of hydrogen-bond acceptors (Lipinski definition) is 5. The minimum absolute atomic E-state index is 0.00893. The second kappa shape index (κ2) is 5.50. The first-order valence-corrected chi connectivity index (χ1v) is 7.06. The Hall–Kier alpha value is -1.86. The van der Waals surface area contributed by atoms with Gasteiger partial charge in [0.05, 0.1) is 18.1 Å². The largest absolute Gasteiger partial charge is 0.495 e. The van der Waals surface area contributed by atoms with Crippen LogP contribution in [0.15, 0.2) is 22.6 Å². The topological polar surface area (TPSA) is 71.4 Å². The van der Waals surface area contributed by atoms with Crippen LogP contribution in [0.5, 0.6) is 5.75 Å². The van der Waals surface area contributed by atoms with Gasteiger partial charge in [-0.1, -0.05) is 11.6 Å². The molecule has 1 N–H and O–H groups in total. The Balaban J connectivity index is 1.85. The van der Waals surface area contributed by atoms with Crippen molar-refractivity contribution in [2.75, 3.05) is 18.6 Å². The predicted octanol–water partition coefficient (Wildman–Crippen LogP) is 2.91. The first-order valence-electron chi connectivity index (χ1n) is 6.28. The summed E-state index contributed by atoms with van der Waals surface area (Å²) in [6, 6.07) is 5.24. The van der Waals surface area contributed by atoms with Crippen LogP contribution in [0, 0.1) is 4.84 Å². The molecule has 0 aliphatic carbocycles. The van der Waals surface area contributed by atoms with E-state index in [4.69, 9.17) is 33.0 Å². The van der Waals surface area contributed by atoms with Crippen LogP contribution in [0.25, 0.3) is 0 Å². The summed E-state index contributed by atoms with van der Waals surface area (Å²) < 4.78 is 10.4. The number of anilines is 1. The van der Waals surface area contributed by atoms with Gasteiger partial charge in [0.1, 0.15) is 5.75 Å². The second-order valence-corrected chi connectivity index (χ2v) is 5.45. The van der Waals surface area contributed by atoms with Crippen LogP contribution in [-0.4, -0.2) is 29.8 Å². The van der Waals surface area contributed by atoms with Crippen LogP contribution >= 0.6 is 23.8 Å². The lowest BCUT2D eigenvalue weighted by Crippen LogP contribution is -2.24. The normalized spacial score (nSPS) is 18.3. The molecule has 1 saturated heterocycles. The number of nitrogens with one attached hydrogen (secondary N) is 1. The zero-order chi connectivity index (χ0) is 15.0. The number of benzene rings is 1. The fourth-order valence-corrected chi connectivity index (χ4v) is 2.74. The number of amides is 1. The lowest BCUT2D eigenvalue weighted by Gasteiger charge is -2.17. The van der Waals surface area contributed by atoms with Crippen LogP contribution in [0.3, 0.4) is 0 Å². The molecule has 2 aromatic rings. The minimum atomic E-state index is -0.119. The van der Waals surface area contributed by atoms with Gasteiger partial charge in [-0.15, -0.1) is 5.10 Å². The van der Waals surface area contributed by atoms with Crippen LogP contribution in [-0.2, 0) is 4.79 Å². The third-order valence-electron chi connectivity index (χ3n) is 3.38. The average molecular weight is 326 g/mol. The first kappa shape index (κ1) is 14.1. The van der Waals surface area contributed by atoms with E-state index in [9.17, 15) is 4.79 Å². The maximum absolute atomic E-state index is 12.2. The van der Waals surface area contributed by atoms with Crippen LogP contribution in [0.4, 0.5) is 5.69 Å². The summed E-state index contributed by atoms with van der Waals surface area (Å²) in [6.45, 7) is 0.477. The van der Waals surface area contributed by atoms with Gasteiger partial charge in [-0.3, -0.25) is 4.79 Å². The van der Waals surface area contributed by atoms with E-state index in [0.29, 0.717) is 29.6 Å². The lowest BCUT2D eigenvalue weighted by atomic mass is 10.1. The van der Waals surface area contributed by atoms with Gasteiger partial charge in [0.15, 0.2) is 0 Å². The van der Waals surface area contributed by atoms with Gasteiger partial charge >= 0.3 is 0 Å². The molecule has 1 amide bonds. The molecule has 110 valence electrons. The van der Waals surface area contributed by atoms with Crippen LogP contribution < -0.4 is 9.64 Å². The van der Waals surface area contributed by atoms with Gasteiger partial charge in [0.2, 0.25) is 11.8 Å². The van der Waals surface area contributed by atoms with Crippen molar-refractivity contribution in [2.45, 2.75) is 12.3 Å². The van der Waals surface area contributed by atoms with E-state index >= 15 is 0 Å². The van der Waals surface area contributed by atoms with Crippen LogP contribution in [0.1, 0.15) is 18.2 Å². The van der Waals surface area contributed by atoms with Crippen molar-refractivity contribution in [1.29, 1.82) is 0 Å². The van der Waals surface area contributed by atoms with Gasteiger partial charge in [-0.25, -0.2) is 5.10 Å². The fourth-order valence-electron chi connectivity index (χ4n) is 2.36. The zero-order valence-electron chi connectivity index (χ0n) is 11.1. The van der Waals surface area contributed by atoms with E-state index in [1.165, 1.54) is 0 Å². The third kappa shape index (κ3) is 2.66. The molecule has 6 nitrogen and oxygen atoms in total. The number of ether oxygens (including phenoxy) is 1. The highest BCUT2D eigenvalue weighted by atomic mass is 35.5. The molecule has 21 heavy (non-hydrogen) atoms. The molecule has 0 saturated carbocycles. The van der Waals surface area contributed by atoms with E-state index in [1.54, 1.807) is 30.2 Å². The van der Waals surface area contributed by atoms with Gasteiger partial charge in [0.25, 0.3) is 4.84 Å². The van der Waals surface area contributed by atoms with Gasteiger partial charge in [-0.05, 0) is 30.4 Å². The number of carbonyl (C=O) groups excluding carboxylic acids is 1. The lowest BCUT2D eigenvalue weighted by molar-refractivity contribution is -0.117. The van der Waals surface area contributed by atoms with Crippen molar-refractivity contribution < 1.29 is 13.9 Å². The van der Waals surface area contributed by atoms with Gasteiger partial charge < -0.3 is 14.1 Å². The molecule has 3 rings (SSSR count). The standard InChI is InChI=1S/C13H12ClN3O3S/c1-19-10-3-2-8(5-9(10)14)17-6-7(4-11(17)18)12-15-16-13(21)20-12/h2-3,5,7H,4,6H2,1H3,(H,16,21)/t7-/m1/s1. The Bertz CT molecular complexity index is 742. The van der Waals surface area contributed by atoms with Crippen molar-refractivity contribution in [3.63, 3.8) is 0 Å². The molecular weight excluding hydrogens is 314 g/mol. The highest BCUT2D eigenvalue weighted by Gasteiger charge is 2.34. The Morgan fingerprint density at radius 3 is 3.00 bits per heavy atom. The smallest absolute Gasteiger partial charge is 0.284 e. The predicted molar refractivity (Wildman–Crippen MR) is 79.4 cm³/mol. The molecule has 1 aliphatic rings. The van der Waals surface area contributed by atoms with E-state index in [0.717, 1.165) is 5.69 Å². The SMILES string of the molecule is COc1ccc(N2C[C@H](c3n[nH]c(=S)o3)CC2=O)cc1Cl. The van der Waals surface area contributed by atoms with Crippen molar-refractivity contribution >= 4 is 35.4 Å². The quantitative estimate of drug-likeness (QED) is 0.878. The van der Waals surface area contributed by atoms with Gasteiger partial charge in [-0.2, -0.15) is 0 Å². The number of methoxy groups -OCH3 is 1. The highest BCUT2D eigenvalue weighted by Crippen LogP contribution is 2.34. The minimum Gasteiger partial charge on any atom is -0.495 e. The van der Waals surface area contributed by atoms with E-state index in [1.807, 2.05) is 0 Å². The maximum Gasteiger partial charge on any atom is 0.284 e. The zero-order valence-corrected chi connectivity index (χ0v) is 12.7. The number of hydrogen-bond donors (Lipinski definition) is 1. The Labute approximate surface area is 130 Å². The molecule has 1 atom stereocenters. The summed E-state index contributed by atoms with van der Waals surface area (Å²) in [5.74, 6) is 0.897. The fraction of sp³-hybridized carbons (Fsp3) is 0.308. The molecule has 8 heteroatoms. The summed E-state index contributed by atoms with van der Waals surface area (Å²) in [7, 11) is 1.55. The monoisotopic (exact) mass is 325 g/mol. The Morgan fingerprint density at radius 1 is 1.57 bits per heavy atom. The molecule has 0 radical (unpaired) electrons. The second-order valence-electron chi connectivity index (χ2n) is 4.68. The Morgan fingerprint density at radius 2 is 2.38 bits per heavy atom. The maximum atomic E-state index is 12.2. The first-order chi connectivity index (χ1) is 10.1. The summed E-state index contributed by atoms with van der Waals surface area (Å²) in [5, 5.41) is 7.02. The van der Waals surface area contributed by atoms with Crippen molar-refractivity contribution in [3.05, 3.63) is 33.9 Å². The number of aromatic amines is 1. The molecule has 0 spiro atoms. The third-order valence-corrected chi connectivity index (χ3v) is 3.85. The number of halogens is 1. The molecular formula is C13H12ClN3O3S. The summed E-state index contributed by atoms with van der Waals surface area (Å²) >= 11 is 11.0. The van der Waals surface area contributed by atoms with Crippen molar-refractivity contribution in [1.82, 2.24) is 10.2 Å². The molecule has 1 fully saturated rings. The number of H-pyrrole nitrogens is 1. The summed E-state index contributed by atoms with van der Waals surface area (Å²) in [6.07, 6.45) is 0.326. The molecule has 1 aromatic carbocycles. The number of carbonyl (C=O) groups is 1. The molecule has 0 bridgehead atoms. The van der Waals surface area contributed by atoms with Gasteiger partial charge in [0, 0.05) is 18.7 Å². The van der Waals surface area contributed by atoms with Crippen LogP contribution in [0.2, 0.25) is 5.02 Å². The van der Waals surface area contributed by atoms with Crippen molar-refractivity contribution in [2.24, 2.45) is 0 Å². The molecule has 0 unspecified atom stereocenters. The van der Waals surface area contributed by atoms with E-state index < -0.39 is 0 Å².